The van der Waals surface area contributed by atoms with Crippen LogP contribution < -0.4 is 10.9 Å². The van der Waals surface area contributed by atoms with E-state index >= 15 is 0 Å². The van der Waals surface area contributed by atoms with Gasteiger partial charge in [0, 0.05) is 0 Å². The zero-order valence-corrected chi connectivity index (χ0v) is 12.1. The molecule has 0 aliphatic carbocycles. The van der Waals surface area contributed by atoms with Crippen LogP contribution in [-0.2, 0) is 16.1 Å². The van der Waals surface area contributed by atoms with Crippen LogP contribution in [-0.4, -0.2) is 17.8 Å². The highest BCUT2D eigenvalue weighted by atomic mass is 16.6. The van der Waals surface area contributed by atoms with E-state index in [1.165, 1.54) is 0 Å². The predicted octanol–water partition coefficient (Wildman–Crippen LogP) is 2.66. The van der Waals surface area contributed by atoms with Crippen molar-refractivity contribution in [3.8, 4) is 0 Å². The highest BCUT2D eigenvalue weighted by Crippen LogP contribution is 2.06. The third-order valence-electron chi connectivity index (χ3n) is 2.12. The summed E-state index contributed by atoms with van der Waals surface area (Å²) in [6.07, 6.45) is -1.50. The Kier molecular flexibility index (Phi) is 5.37. The van der Waals surface area contributed by atoms with Crippen molar-refractivity contribution in [2.45, 2.75) is 39.9 Å². The molecule has 1 rings (SSSR count). The van der Waals surface area contributed by atoms with Crippen molar-refractivity contribution in [1.82, 2.24) is 10.9 Å². The molecule has 0 aliphatic rings. The number of hydrazine groups is 1. The standard InChI is InChI=1S/C14H20N2O4/c1-10-6-5-7-11(8-10)9-19-12(17)15-16-13(18)20-14(2,3)4/h5-8H,9H2,1-4H3,(H,15,17)(H,16,18). The largest absolute Gasteiger partial charge is 0.443 e. The molecule has 2 amide bonds. The Labute approximate surface area is 118 Å². The van der Waals surface area contributed by atoms with Crippen molar-refractivity contribution in [1.29, 1.82) is 0 Å². The maximum absolute atomic E-state index is 11.4. The summed E-state index contributed by atoms with van der Waals surface area (Å²) in [6, 6.07) is 7.59. The molecule has 20 heavy (non-hydrogen) atoms. The Hall–Kier alpha value is -2.24. The Morgan fingerprint density at radius 3 is 2.40 bits per heavy atom. The lowest BCUT2D eigenvalue weighted by molar-refractivity contribution is 0.0484. The molecule has 0 saturated carbocycles. The van der Waals surface area contributed by atoms with E-state index in [1.807, 2.05) is 31.2 Å². The van der Waals surface area contributed by atoms with E-state index < -0.39 is 17.8 Å². The van der Waals surface area contributed by atoms with Gasteiger partial charge in [-0.05, 0) is 33.3 Å². The van der Waals surface area contributed by atoms with E-state index in [4.69, 9.17) is 9.47 Å². The fraction of sp³-hybridized carbons (Fsp3) is 0.429. The summed E-state index contributed by atoms with van der Waals surface area (Å²) in [7, 11) is 0. The number of ether oxygens (including phenoxy) is 2. The molecule has 0 radical (unpaired) electrons. The molecule has 0 heterocycles. The van der Waals surface area contributed by atoms with Crippen molar-refractivity contribution in [2.75, 3.05) is 0 Å². The van der Waals surface area contributed by atoms with Gasteiger partial charge in [0.1, 0.15) is 12.2 Å². The quantitative estimate of drug-likeness (QED) is 0.816. The molecular weight excluding hydrogens is 260 g/mol. The van der Waals surface area contributed by atoms with Gasteiger partial charge < -0.3 is 9.47 Å². The summed E-state index contributed by atoms with van der Waals surface area (Å²) in [5, 5.41) is 0. The van der Waals surface area contributed by atoms with Crippen molar-refractivity contribution in [2.24, 2.45) is 0 Å². The van der Waals surface area contributed by atoms with Gasteiger partial charge in [0.05, 0.1) is 0 Å². The van der Waals surface area contributed by atoms with Gasteiger partial charge in [0.2, 0.25) is 0 Å². The summed E-state index contributed by atoms with van der Waals surface area (Å²) < 4.78 is 9.89. The molecule has 6 nitrogen and oxygen atoms in total. The maximum Gasteiger partial charge on any atom is 0.426 e. The molecule has 110 valence electrons. The van der Waals surface area contributed by atoms with E-state index in [0.717, 1.165) is 11.1 Å². The zero-order valence-electron chi connectivity index (χ0n) is 12.1. The summed E-state index contributed by atoms with van der Waals surface area (Å²) >= 11 is 0. The van der Waals surface area contributed by atoms with E-state index in [-0.39, 0.29) is 6.61 Å². The van der Waals surface area contributed by atoms with Crippen LogP contribution in [0.2, 0.25) is 0 Å². The lowest BCUT2D eigenvalue weighted by Gasteiger charge is -2.19. The molecule has 1 aromatic carbocycles. The number of aryl methyl sites for hydroxylation is 1. The van der Waals surface area contributed by atoms with Crippen LogP contribution in [0.3, 0.4) is 0 Å². The molecule has 0 aromatic heterocycles. The minimum Gasteiger partial charge on any atom is -0.443 e. The molecule has 2 N–H and O–H groups in total. The van der Waals surface area contributed by atoms with Crippen molar-refractivity contribution in [3.63, 3.8) is 0 Å². The number of benzene rings is 1. The maximum atomic E-state index is 11.4. The molecule has 0 atom stereocenters. The van der Waals surface area contributed by atoms with E-state index in [0.29, 0.717) is 0 Å². The van der Waals surface area contributed by atoms with Crippen LogP contribution in [0.25, 0.3) is 0 Å². The van der Waals surface area contributed by atoms with Crippen LogP contribution in [0.1, 0.15) is 31.9 Å². The van der Waals surface area contributed by atoms with E-state index in [9.17, 15) is 9.59 Å². The highest BCUT2D eigenvalue weighted by molar-refractivity contribution is 5.73. The average Bonchev–Trinajstić information content (AvgIpc) is 2.32. The summed E-state index contributed by atoms with van der Waals surface area (Å²) in [5.74, 6) is 0. The van der Waals surface area contributed by atoms with Crippen LogP contribution in [0.4, 0.5) is 9.59 Å². The van der Waals surface area contributed by atoms with E-state index in [1.54, 1.807) is 20.8 Å². The monoisotopic (exact) mass is 280 g/mol. The number of rotatable bonds is 2. The van der Waals surface area contributed by atoms with Gasteiger partial charge in [0.15, 0.2) is 0 Å². The molecule has 0 unspecified atom stereocenters. The number of carbonyl (C=O) groups is 2. The minimum absolute atomic E-state index is 0.128. The Morgan fingerprint density at radius 1 is 1.15 bits per heavy atom. The van der Waals surface area contributed by atoms with Gasteiger partial charge >= 0.3 is 12.2 Å². The van der Waals surface area contributed by atoms with Crippen LogP contribution in [0.15, 0.2) is 24.3 Å². The molecule has 0 spiro atoms. The van der Waals surface area contributed by atoms with Gasteiger partial charge in [-0.2, -0.15) is 0 Å². The van der Waals surface area contributed by atoms with Crippen molar-refractivity contribution >= 4 is 12.2 Å². The lowest BCUT2D eigenvalue weighted by Crippen LogP contribution is -2.44. The van der Waals surface area contributed by atoms with Crippen LogP contribution >= 0.6 is 0 Å². The first-order valence-electron chi connectivity index (χ1n) is 6.23. The van der Waals surface area contributed by atoms with Gasteiger partial charge in [-0.15, -0.1) is 0 Å². The van der Waals surface area contributed by atoms with Gasteiger partial charge in [-0.1, -0.05) is 29.8 Å². The number of amides is 2. The topological polar surface area (TPSA) is 76.7 Å². The molecule has 0 fully saturated rings. The fourth-order valence-corrected chi connectivity index (χ4v) is 1.39. The second-order valence-corrected chi connectivity index (χ2v) is 5.32. The second kappa shape index (κ2) is 6.79. The molecule has 0 bridgehead atoms. The minimum atomic E-state index is -0.752. The van der Waals surface area contributed by atoms with Crippen LogP contribution in [0, 0.1) is 6.92 Å². The molecule has 1 aromatic rings. The number of nitrogens with one attached hydrogen (secondary N) is 2. The fourth-order valence-electron chi connectivity index (χ4n) is 1.39. The van der Waals surface area contributed by atoms with Gasteiger partial charge in [-0.3, -0.25) is 0 Å². The van der Waals surface area contributed by atoms with Gasteiger partial charge in [0.25, 0.3) is 0 Å². The van der Waals surface area contributed by atoms with Gasteiger partial charge in [-0.25, -0.2) is 20.4 Å². The molecule has 0 saturated heterocycles. The van der Waals surface area contributed by atoms with Crippen LogP contribution in [0.5, 0.6) is 0 Å². The highest BCUT2D eigenvalue weighted by Gasteiger charge is 2.16. The predicted molar refractivity (Wildman–Crippen MR) is 73.9 cm³/mol. The first kappa shape index (κ1) is 15.8. The SMILES string of the molecule is Cc1cccc(COC(=O)NNC(=O)OC(C)(C)C)c1. The van der Waals surface area contributed by atoms with Crippen molar-refractivity contribution < 1.29 is 19.1 Å². The van der Waals surface area contributed by atoms with E-state index in [2.05, 4.69) is 10.9 Å². The zero-order chi connectivity index (χ0) is 15.2. The number of carbonyl (C=O) groups excluding carboxylic acids is 2. The normalized spacial score (nSPS) is 10.6. The summed E-state index contributed by atoms with van der Waals surface area (Å²) in [4.78, 5) is 22.6. The first-order chi connectivity index (χ1) is 9.26. The lowest BCUT2D eigenvalue weighted by atomic mass is 10.1. The Morgan fingerprint density at radius 2 is 1.80 bits per heavy atom. The second-order valence-electron chi connectivity index (χ2n) is 5.32. The average molecular weight is 280 g/mol. The summed E-state index contributed by atoms with van der Waals surface area (Å²) in [6.45, 7) is 7.26. The third kappa shape index (κ3) is 6.63. The molecule has 0 aliphatic heterocycles. The number of hydrogen-bond donors (Lipinski definition) is 2. The Balaban J connectivity index is 2.29. The molecule has 6 heteroatoms. The molecular formula is C14H20N2O4. The summed E-state index contributed by atoms with van der Waals surface area (Å²) in [5.41, 5.74) is 5.53. The number of hydrogen-bond acceptors (Lipinski definition) is 4. The van der Waals surface area contributed by atoms with Crippen molar-refractivity contribution in [3.05, 3.63) is 35.4 Å². The first-order valence-corrected chi connectivity index (χ1v) is 6.23. The Bertz CT molecular complexity index is 480. The third-order valence-corrected chi connectivity index (χ3v) is 2.12. The smallest absolute Gasteiger partial charge is 0.426 e.